The molecule has 0 aliphatic heterocycles. The molecule has 4 N–H and O–H groups in total. The first kappa shape index (κ1) is 12.7. The molecule has 90 valence electrons. The van der Waals surface area contributed by atoms with Crippen molar-refractivity contribution in [3.63, 3.8) is 0 Å². The second kappa shape index (κ2) is 6.27. The molecule has 5 nitrogen and oxygen atoms in total. The van der Waals surface area contributed by atoms with Crippen LogP contribution in [0.1, 0.15) is 31.9 Å². The van der Waals surface area contributed by atoms with E-state index >= 15 is 0 Å². The summed E-state index contributed by atoms with van der Waals surface area (Å²) in [7, 11) is 0. The third kappa shape index (κ3) is 4.02. The second-order valence-corrected chi connectivity index (χ2v) is 3.89. The number of aromatic nitrogens is 2. The van der Waals surface area contributed by atoms with Crippen LogP contribution >= 0.6 is 0 Å². The fourth-order valence-electron chi connectivity index (χ4n) is 1.67. The minimum Gasteiger partial charge on any atom is -0.396 e. The largest absolute Gasteiger partial charge is 0.396 e. The molecule has 0 aliphatic rings. The van der Waals surface area contributed by atoms with Crippen molar-refractivity contribution in [1.29, 1.82) is 0 Å². The molecular weight excluding hydrogens is 204 g/mol. The fraction of sp³-hybridized carbons (Fsp3) is 0.636. The number of nitrogens with zero attached hydrogens (tertiary/aromatic N) is 2. The molecule has 0 bridgehead atoms. The number of aliphatic hydroxyl groups is 1. The third-order valence-electron chi connectivity index (χ3n) is 2.34. The molecule has 0 amide bonds. The first-order valence-electron chi connectivity index (χ1n) is 5.64. The van der Waals surface area contributed by atoms with Gasteiger partial charge in [0.25, 0.3) is 0 Å². The summed E-state index contributed by atoms with van der Waals surface area (Å²) >= 11 is 0. The molecule has 1 atom stereocenters. The first-order valence-corrected chi connectivity index (χ1v) is 5.64. The van der Waals surface area contributed by atoms with E-state index in [-0.39, 0.29) is 18.6 Å². The molecular formula is C11H20N4O. The zero-order valence-electron chi connectivity index (χ0n) is 9.90. The van der Waals surface area contributed by atoms with Gasteiger partial charge in [-0.2, -0.15) is 4.98 Å². The average molecular weight is 224 g/mol. The highest BCUT2D eigenvalue weighted by molar-refractivity contribution is 5.40. The smallest absolute Gasteiger partial charge is 0.222 e. The third-order valence-corrected chi connectivity index (χ3v) is 2.34. The van der Waals surface area contributed by atoms with Crippen LogP contribution in [0.2, 0.25) is 0 Å². The van der Waals surface area contributed by atoms with E-state index in [0.29, 0.717) is 0 Å². The van der Waals surface area contributed by atoms with Gasteiger partial charge in [0.2, 0.25) is 5.95 Å². The van der Waals surface area contributed by atoms with E-state index in [4.69, 9.17) is 10.8 Å². The first-order chi connectivity index (χ1) is 7.65. The Kier molecular flexibility index (Phi) is 4.98. The Morgan fingerprint density at radius 2 is 2.19 bits per heavy atom. The number of nitrogen functional groups attached to an aromatic ring is 1. The molecule has 0 saturated heterocycles. The molecule has 16 heavy (non-hydrogen) atoms. The Morgan fingerprint density at radius 1 is 1.44 bits per heavy atom. The van der Waals surface area contributed by atoms with Crippen LogP contribution in [0.25, 0.3) is 0 Å². The molecule has 0 fully saturated rings. The number of anilines is 2. The van der Waals surface area contributed by atoms with Crippen LogP contribution < -0.4 is 11.1 Å². The minimum absolute atomic E-state index is 0.178. The van der Waals surface area contributed by atoms with Gasteiger partial charge in [-0.15, -0.1) is 0 Å². The standard InChI is InChI=1S/C11H20N4O/c1-3-4-9(5-6-16)14-10-7-8(2)13-11(12)15-10/h7,9,16H,3-6H2,1-2H3,(H3,12,13,14,15). The summed E-state index contributed by atoms with van der Waals surface area (Å²) in [6.07, 6.45) is 2.79. The van der Waals surface area contributed by atoms with E-state index < -0.39 is 0 Å². The fourth-order valence-corrected chi connectivity index (χ4v) is 1.67. The number of rotatable bonds is 6. The van der Waals surface area contributed by atoms with Crippen molar-refractivity contribution in [1.82, 2.24) is 9.97 Å². The summed E-state index contributed by atoms with van der Waals surface area (Å²) in [5.74, 6) is 1.01. The number of hydrogen-bond acceptors (Lipinski definition) is 5. The summed E-state index contributed by atoms with van der Waals surface area (Å²) in [6.45, 7) is 4.17. The Balaban J connectivity index is 2.68. The van der Waals surface area contributed by atoms with Crippen molar-refractivity contribution >= 4 is 11.8 Å². The molecule has 0 aromatic carbocycles. The van der Waals surface area contributed by atoms with Gasteiger partial charge in [-0.05, 0) is 19.8 Å². The van der Waals surface area contributed by atoms with Gasteiger partial charge >= 0.3 is 0 Å². The molecule has 1 rings (SSSR count). The van der Waals surface area contributed by atoms with E-state index in [9.17, 15) is 0 Å². The van der Waals surface area contributed by atoms with Gasteiger partial charge in [0.05, 0.1) is 0 Å². The predicted octanol–water partition coefficient (Wildman–Crippen LogP) is 1.33. The molecule has 0 saturated carbocycles. The van der Waals surface area contributed by atoms with Crippen LogP contribution in [0.15, 0.2) is 6.07 Å². The van der Waals surface area contributed by atoms with Crippen molar-refractivity contribution in [2.45, 2.75) is 39.2 Å². The van der Waals surface area contributed by atoms with Crippen molar-refractivity contribution < 1.29 is 5.11 Å². The lowest BCUT2D eigenvalue weighted by Crippen LogP contribution is -2.21. The Morgan fingerprint density at radius 3 is 2.75 bits per heavy atom. The Hall–Kier alpha value is -1.36. The van der Waals surface area contributed by atoms with E-state index in [1.165, 1.54) is 0 Å². The number of nitrogens with one attached hydrogen (secondary N) is 1. The summed E-state index contributed by atoms with van der Waals surface area (Å²) in [5.41, 5.74) is 6.41. The van der Waals surface area contributed by atoms with Crippen LogP contribution in [-0.4, -0.2) is 27.7 Å². The van der Waals surface area contributed by atoms with Crippen molar-refractivity contribution in [2.24, 2.45) is 0 Å². The molecule has 1 unspecified atom stereocenters. The minimum atomic E-state index is 0.178. The maximum Gasteiger partial charge on any atom is 0.222 e. The topological polar surface area (TPSA) is 84.1 Å². The number of aliphatic hydroxyl groups excluding tert-OH is 1. The van der Waals surface area contributed by atoms with Crippen LogP contribution in [0.4, 0.5) is 11.8 Å². The second-order valence-electron chi connectivity index (χ2n) is 3.89. The summed E-state index contributed by atoms with van der Waals surface area (Å²) < 4.78 is 0. The number of aryl methyl sites for hydroxylation is 1. The van der Waals surface area contributed by atoms with E-state index in [2.05, 4.69) is 22.2 Å². The monoisotopic (exact) mass is 224 g/mol. The normalized spacial score (nSPS) is 12.4. The highest BCUT2D eigenvalue weighted by Gasteiger charge is 2.08. The van der Waals surface area contributed by atoms with E-state index in [1.807, 2.05) is 13.0 Å². The quantitative estimate of drug-likeness (QED) is 0.679. The van der Waals surface area contributed by atoms with Crippen LogP contribution in [0.3, 0.4) is 0 Å². The molecule has 0 aliphatic carbocycles. The molecule has 0 radical (unpaired) electrons. The summed E-state index contributed by atoms with van der Waals surface area (Å²) in [6, 6.07) is 2.10. The van der Waals surface area contributed by atoms with Gasteiger partial charge in [0.1, 0.15) is 5.82 Å². The molecule has 1 aromatic heterocycles. The number of nitrogens with two attached hydrogens (primary N) is 1. The van der Waals surface area contributed by atoms with Crippen molar-refractivity contribution in [3.05, 3.63) is 11.8 Å². The van der Waals surface area contributed by atoms with Crippen molar-refractivity contribution in [2.75, 3.05) is 17.7 Å². The molecule has 0 spiro atoms. The van der Waals surface area contributed by atoms with Gasteiger partial charge < -0.3 is 16.2 Å². The van der Waals surface area contributed by atoms with Crippen LogP contribution in [0.5, 0.6) is 0 Å². The lowest BCUT2D eigenvalue weighted by Gasteiger charge is -2.17. The number of hydrogen-bond donors (Lipinski definition) is 3. The SMILES string of the molecule is CCCC(CCO)Nc1cc(C)nc(N)n1. The summed E-state index contributed by atoms with van der Waals surface area (Å²) in [4.78, 5) is 8.12. The van der Waals surface area contributed by atoms with Gasteiger partial charge in [-0.1, -0.05) is 13.3 Å². The molecule has 1 heterocycles. The Bertz CT molecular complexity index is 304. The zero-order valence-corrected chi connectivity index (χ0v) is 9.90. The summed E-state index contributed by atoms with van der Waals surface area (Å²) in [5, 5.41) is 12.2. The highest BCUT2D eigenvalue weighted by Crippen LogP contribution is 2.12. The van der Waals surface area contributed by atoms with Gasteiger partial charge in [-0.25, -0.2) is 4.98 Å². The van der Waals surface area contributed by atoms with Gasteiger partial charge in [-0.3, -0.25) is 0 Å². The highest BCUT2D eigenvalue weighted by atomic mass is 16.3. The van der Waals surface area contributed by atoms with E-state index in [0.717, 1.165) is 30.8 Å². The van der Waals surface area contributed by atoms with Crippen LogP contribution in [-0.2, 0) is 0 Å². The lowest BCUT2D eigenvalue weighted by atomic mass is 10.1. The zero-order chi connectivity index (χ0) is 12.0. The Labute approximate surface area is 96.1 Å². The maximum absolute atomic E-state index is 8.95. The maximum atomic E-state index is 8.95. The molecule has 1 aromatic rings. The van der Waals surface area contributed by atoms with Crippen molar-refractivity contribution in [3.8, 4) is 0 Å². The van der Waals surface area contributed by atoms with E-state index in [1.54, 1.807) is 0 Å². The molecule has 5 heteroatoms. The van der Waals surface area contributed by atoms with Gasteiger partial charge in [0, 0.05) is 24.4 Å². The van der Waals surface area contributed by atoms with Gasteiger partial charge in [0.15, 0.2) is 0 Å². The van der Waals surface area contributed by atoms with Crippen LogP contribution in [0, 0.1) is 6.92 Å². The predicted molar refractivity (Wildman–Crippen MR) is 65.2 cm³/mol. The average Bonchev–Trinajstić information content (AvgIpc) is 2.16. The lowest BCUT2D eigenvalue weighted by molar-refractivity contribution is 0.276.